The van der Waals surface area contributed by atoms with Crippen LogP contribution in [0, 0.1) is 0 Å². The second-order valence-electron chi connectivity index (χ2n) is 3.82. The minimum absolute atomic E-state index is 0.139. The van der Waals surface area contributed by atoms with Crippen LogP contribution in [0.3, 0.4) is 0 Å². The SMILES string of the molecule is Nc1ccc2nc(S(=O)(=O)CCOC(F)(F)F)oc2c1. The largest absolute Gasteiger partial charge is 0.522 e. The number of hydrogen-bond donors (Lipinski definition) is 1. The van der Waals surface area contributed by atoms with Crippen LogP contribution >= 0.6 is 0 Å². The molecular weight excluding hydrogens is 301 g/mol. The van der Waals surface area contributed by atoms with Gasteiger partial charge < -0.3 is 10.2 Å². The van der Waals surface area contributed by atoms with Crippen molar-refractivity contribution in [2.24, 2.45) is 0 Å². The maximum absolute atomic E-state index is 11.8. The molecule has 0 spiro atoms. The Bertz CT molecular complexity index is 724. The molecule has 0 saturated carbocycles. The van der Waals surface area contributed by atoms with Gasteiger partial charge in [-0.25, -0.2) is 8.42 Å². The van der Waals surface area contributed by atoms with Gasteiger partial charge in [0.25, 0.3) is 0 Å². The van der Waals surface area contributed by atoms with Crippen LogP contribution in [0.4, 0.5) is 18.9 Å². The summed E-state index contributed by atoms with van der Waals surface area (Å²) in [6.45, 7) is -1.04. The quantitative estimate of drug-likeness (QED) is 0.864. The smallest absolute Gasteiger partial charge is 0.428 e. The van der Waals surface area contributed by atoms with Crippen LogP contribution in [0.5, 0.6) is 0 Å². The van der Waals surface area contributed by atoms with Crippen molar-refractivity contribution in [3.05, 3.63) is 18.2 Å². The average Bonchev–Trinajstić information content (AvgIpc) is 2.70. The number of sulfone groups is 1. The summed E-state index contributed by atoms with van der Waals surface area (Å²) in [6, 6.07) is 4.31. The van der Waals surface area contributed by atoms with E-state index in [2.05, 4.69) is 9.72 Å². The maximum Gasteiger partial charge on any atom is 0.522 e. The van der Waals surface area contributed by atoms with Gasteiger partial charge in [-0.15, -0.1) is 13.2 Å². The van der Waals surface area contributed by atoms with Crippen molar-refractivity contribution < 1.29 is 30.7 Å². The van der Waals surface area contributed by atoms with Crippen molar-refractivity contribution in [3.8, 4) is 0 Å². The molecule has 20 heavy (non-hydrogen) atoms. The van der Waals surface area contributed by atoms with E-state index in [4.69, 9.17) is 10.2 Å². The van der Waals surface area contributed by atoms with Crippen molar-refractivity contribution in [2.45, 2.75) is 11.6 Å². The molecule has 2 rings (SSSR count). The lowest BCUT2D eigenvalue weighted by Gasteiger charge is -2.05. The third kappa shape index (κ3) is 3.39. The third-order valence-electron chi connectivity index (χ3n) is 2.28. The summed E-state index contributed by atoms with van der Waals surface area (Å²) in [6.07, 6.45) is -4.88. The number of rotatable bonds is 4. The number of hydrogen-bond acceptors (Lipinski definition) is 6. The van der Waals surface area contributed by atoms with Gasteiger partial charge in [0.2, 0.25) is 9.84 Å². The summed E-state index contributed by atoms with van der Waals surface area (Å²) in [4.78, 5) is 3.69. The van der Waals surface area contributed by atoms with E-state index in [-0.39, 0.29) is 11.1 Å². The second-order valence-corrected chi connectivity index (χ2v) is 5.81. The number of ether oxygens (including phenoxy) is 1. The highest BCUT2D eigenvalue weighted by molar-refractivity contribution is 7.91. The minimum atomic E-state index is -4.88. The Kier molecular flexibility index (Phi) is 3.61. The fraction of sp³-hybridized carbons (Fsp3) is 0.300. The zero-order chi connectivity index (χ0) is 15.0. The summed E-state index contributed by atoms with van der Waals surface area (Å²) >= 11 is 0. The maximum atomic E-state index is 11.8. The molecule has 0 radical (unpaired) electrons. The van der Waals surface area contributed by atoms with Crippen molar-refractivity contribution in [2.75, 3.05) is 18.1 Å². The van der Waals surface area contributed by atoms with Crippen molar-refractivity contribution >= 4 is 26.6 Å². The summed E-state index contributed by atoms with van der Waals surface area (Å²) in [5.74, 6) is -0.894. The first-order chi connectivity index (χ1) is 9.17. The normalized spacial score (nSPS) is 12.9. The van der Waals surface area contributed by atoms with Gasteiger partial charge in [0.05, 0.1) is 12.4 Å². The van der Waals surface area contributed by atoms with E-state index in [1.165, 1.54) is 18.2 Å². The topological polar surface area (TPSA) is 95.4 Å². The Morgan fingerprint density at radius 3 is 2.70 bits per heavy atom. The van der Waals surface area contributed by atoms with Gasteiger partial charge in [0.1, 0.15) is 5.52 Å². The number of nitrogens with two attached hydrogens (primary N) is 1. The predicted octanol–water partition coefficient (Wildman–Crippen LogP) is 1.72. The molecule has 0 unspecified atom stereocenters. The lowest BCUT2D eigenvalue weighted by atomic mass is 10.3. The number of halogens is 3. The predicted molar refractivity (Wildman–Crippen MR) is 62.5 cm³/mol. The lowest BCUT2D eigenvalue weighted by molar-refractivity contribution is -0.322. The first-order valence-corrected chi connectivity index (χ1v) is 6.92. The van der Waals surface area contributed by atoms with Gasteiger partial charge in [0, 0.05) is 11.8 Å². The molecule has 110 valence electrons. The number of aromatic nitrogens is 1. The Labute approximate surface area is 111 Å². The summed E-state index contributed by atoms with van der Waals surface area (Å²) in [5.41, 5.74) is 6.22. The molecule has 0 bridgehead atoms. The number of nitrogen functional groups attached to an aromatic ring is 1. The molecule has 6 nitrogen and oxygen atoms in total. The van der Waals surface area contributed by atoms with Crippen LogP contribution in [0.15, 0.2) is 27.8 Å². The molecule has 0 saturated heterocycles. The highest BCUT2D eigenvalue weighted by Crippen LogP contribution is 2.22. The number of benzene rings is 1. The van der Waals surface area contributed by atoms with Gasteiger partial charge in [-0.3, -0.25) is 4.74 Å². The summed E-state index contributed by atoms with van der Waals surface area (Å²) in [7, 11) is -4.10. The van der Waals surface area contributed by atoms with E-state index < -0.39 is 33.8 Å². The molecule has 1 aromatic heterocycles. The fourth-order valence-corrected chi connectivity index (χ4v) is 2.34. The van der Waals surface area contributed by atoms with Crippen LogP contribution in [-0.2, 0) is 14.6 Å². The number of oxazole rings is 1. The minimum Gasteiger partial charge on any atom is -0.428 e. The first-order valence-electron chi connectivity index (χ1n) is 5.27. The zero-order valence-electron chi connectivity index (χ0n) is 9.85. The lowest BCUT2D eigenvalue weighted by Crippen LogP contribution is -2.20. The van der Waals surface area contributed by atoms with Crippen LogP contribution in [0.1, 0.15) is 0 Å². The van der Waals surface area contributed by atoms with Gasteiger partial charge in [-0.1, -0.05) is 0 Å². The standard InChI is InChI=1S/C10H9F3N2O4S/c11-10(12,13)18-3-4-20(16,17)9-15-7-2-1-6(14)5-8(7)19-9/h1-2,5H,3-4,14H2. The molecule has 0 fully saturated rings. The van der Waals surface area contributed by atoms with Gasteiger partial charge in [-0.05, 0) is 12.1 Å². The van der Waals surface area contributed by atoms with E-state index >= 15 is 0 Å². The molecule has 0 aliphatic heterocycles. The van der Waals surface area contributed by atoms with E-state index in [0.717, 1.165) is 0 Å². The summed E-state index contributed by atoms with van der Waals surface area (Å²) < 4.78 is 67.2. The molecule has 0 atom stereocenters. The molecule has 2 aromatic rings. The van der Waals surface area contributed by atoms with Gasteiger partial charge in [-0.2, -0.15) is 4.98 Å². The molecule has 1 aromatic carbocycles. The number of fused-ring (bicyclic) bond motifs is 1. The van der Waals surface area contributed by atoms with Crippen LogP contribution in [0.2, 0.25) is 0 Å². The molecule has 2 N–H and O–H groups in total. The Hall–Kier alpha value is -1.81. The van der Waals surface area contributed by atoms with Crippen LogP contribution < -0.4 is 5.73 Å². The molecule has 0 aliphatic carbocycles. The van der Waals surface area contributed by atoms with Crippen LogP contribution in [0.25, 0.3) is 11.1 Å². The Balaban J connectivity index is 2.19. The van der Waals surface area contributed by atoms with E-state index in [1.54, 1.807) is 0 Å². The fourth-order valence-electron chi connectivity index (χ4n) is 1.41. The number of anilines is 1. The third-order valence-corrected chi connectivity index (χ3v) is 3.69. The van der Waals surface area contributed by atoms with Crippen molar-refractivity contribution in [1.29, 1.82) is 0 Å². The van der Waals surface area contributed by atoms with Crippen LogP contribution in [-0.4, -0.2) is 32.1 Å². The van der Waals surface area contributed by atoms with E-state index in [0.29, 0.717) is 5.69 Å². The number of nitrogens with zero attached hydrogens (tertiary/aromatic N) is 1. The monoisotopic (exact) mass is 310 g/mol. The number of alkyl halides is 3. The van der Waals surface area contributed by atoms with E-state index in [1.807, 2.05) is 0 Å². The average molecular weight is 310 g/mol. The molecule has 0 aliphatic rings. The van der Waals surface area contributed by atoms with Crippen molar-refractivity contribution in [3.63, 3.8) is 0 Å². The Morgan fingerprint density at radius 1 is 1.35 bits per heavy atom. The Morgan fingerprint density at radius 2 is 2.05 bits per heavy atom. The molecule has 1 heterocycles. The highest BCUT2D eigenvalue weighted by Gasteiger charge is 2.31. The van der Waals surface area contributed by atoms with E-state index in [9.17, 15) is 21.6 Å². The molecule has 0 amide bonds. The molecular formula is C10H9F3N2O4S. The zero-order valence-corrected chi connectivity index (χ0v) is 10.7. The summed E-state index contributed by atoms with van der Waals surface area (Å²) in [5, 5.41) is -0.663. The molecule has 10 heteroatoms. The van der Waals surface area contributed by atoms with Gasteiger partial charge >= 0.3 is 11.6 Å². The first kappa shape index (κ1) is 14.6. The second kappa shape index (κ2) is 4.94. The van der Waals surface area contributed by atoms with Crippen molar-refractivity contribution in [1.82, 2.24) is 4.98 Å². The highest BCUT2D eigenvalue weighted by atomic mass is 32.2. The van der Waals surface area contributed by atoms with Gasteiger partial charge in [0.15, 0.2) is 5.58 Å².